The van der Waals surface area contributed by atoms with Gasteiger partial charge in [-0.1, -0.05) is 60.1 Å². The summed E-state index contributed by atoms with van der Waals surface area (Å²) >= 11 is 0. The van der Waals surface area contributed by atoms with Crippen LogP contribution in [0.1, 0.15) is 113 Å². The third-order valence-corrected chi connectivity index (χ3v) is 15.6. The van der Waals surface area contributed by atoms with Gasteiger partial charge in [-0.05, 0) is 104 Å². The molecule has 266 valence electrons. The maximum Gasteiger partial charge on any atom is 0.302 e. The Morgan fingerprint density at radius 2 is 1.48 bits per heavy atom. The van der Waals surface area contributed by atoms with Crippen molar-refractivity contribution in [3.63, 3.8) is 0 Å². The van der Waals surface area contributed by atoms with Crippen LogP contribution in [0.3, 0.4) is 0 Å². The van der Waals surface area contributed by atoms with Gasteiger partial charge in [-0.25, -0.2) is 0 Å². The molecule has 0 spiro atoms. The number of fused-ring (bicyclic) bond motifs is 7. The van der Waals surface area contributed by atoms with E-state index in [1.54, 1.807) is 33.8 Å². The molecule has 0 bridgehead atoms. The quantitative estimate of drug-likeness (QED) is 0.241. The summed E-state index contributed by atoms with van der Waals surface area (Å²) in [6, 6.07) is 3.68. The van der Waals surface area contributed by atoms with Crippen LogP contribution in [0.2, 0.25) is 0 Å². The number of allylic oxidation sites excluding steroid dienone is 2. The summed E-state index contributed by atoms with van der Waals surface area (Å²) in [5.41, 5.74) is 2.02. The van der Waals surface area contributed by atoms with Gasteiger partial charge >= 0.3 is 5.97 Å². The topological polar surface area (TPSA) is 83.1 Å². The lowest BCUT2D eigenvalue weighted by Gasteiger charge is -2.71. The van der Waals surface area contributed by atoms with Crippen molar-refractivity contribution in [2.45, 2.75) is 119 Å². The van der Waals surface area contributed by atoms with Crippen molar-refractivity contribution in [3.8, 4) is 17.2 Å². The number of hydrogen-bond donors (Lipinski definition) is 1. The van der Waals surface area contributed by atoms with Gasteiger partial charge in [0, 0.05) is 30.2 Å². The van der Waals surface area contributed by atoms with Crippen molar-refractivity contribution in [1.29, 1.82) is 0 Å². The smallest absolute Gasteiger partial charge is 0.302 e. The number of carbonyl (C=O) groups is 2. The van der Waals surface area contributed by atoms with E-state index in [1.807, 2.05) is 12.1 Å². The normalized spacial score (nSPS) is 41.3. The van der Waals surface area contributed by atoms with E-state index >= 15 is 0 Å². The molecule has 48 heavy (non-hydrogen) atoms. The fraction of sp³-hybridized carbons (Fsp3) is 0.756. The first-order chi connectivity index (χ1) is 22.5. The fourth-order valence-corrected chi connectivity index (χ4v) is 12.7. The molecule has 1 amide bonds. The molecule has 0 heterocycles. The van der Waals surface area contributed by atoms with Gasteiger partial charge in [-0.3, -0.25) is 9.59 Å². The second kappa shape index (κ2) is 12.0. The highest BCUT2D eigenvalue weighted by Gasteiger charge is 2.69. The van der Waals surface area contributed by atoms with Crippen molar-refractivity contribution in [3.05, 3.63) is 23.8 Å². The third kappa shape index (κ3) is 4.86. The minimum atomic E-state index is -0.466. The first-order valence-corrected chi connectivity index (χ1v) is 18.5. The van der Waals surface area contributed by atoms with Crippen LogP contribution in [0.4, 0.5) is 5.69 Å². The summed E-state index contributed by atoms with van der Waals surface area (Å²) in [6.07, 6.45) is 11.9. The summed E-state index contributed by atoms with van der Waals surface area (Å²) in [4.78, 5) is 26.9. The average molecular weight is 664 g/mol. The second-order valence-electron chi connectivity index (χ2n) is 17.6. The summed E-state index contributed by atoms with van der Waals surface area (Å²) in [5, 5.41) is 3.36. The van der Waals surface area contributed by atoms with Gasteiger partial charge in [0.2, 0.25) is 11.7 Å². The average Bonchev–Trinajstić information content (AvgIpc) is 3.03. The van der Waals surface area contributed by atoms with E-state index in [4.69, 9.17) is 18.9 Å². The molecule has 4 saturated carbocycles. The maximum absolute atomic E-state index is 14.8. The van der Waals surface area contributed by atoms with E-state index in [9.17, 15) is 9.59 Å². The van der Waals surface area contributed by atoms with Crippen LogP contribution in [0.15, 0.2) is 23.8 Å². The van der Waals surface area contributed by atoms with E-state index in [2.05, 4.69) is 59.9 Å². The SMILES string of the molecule is COc1cc(NC(=O)[C@]23CC[C@@H](C)[C@H](C)[C@H]2C2=CC[C@@H]4[C@@]5(C)CC[C@H](OC(C)=O)C(C)(C)[C@@H]5CC[C@@]4(C)[C@]2(C)CC3)cc(OC)c1OC. The van der Waals surface area contributed by atoms with E-state index in [1.165, 1.54) is 6.42 Å². The number of amides is 1. The number of carbonyl (C=O) groups excluding carboxylic acids is 2. The summed E-state index contributed by atoms with van der Waals surface area (Å²) in [5.74, 6) is 3.75. The highest BCUT2D eigenvalue weighted by atomic mass is 16.5. The van der Waals surface area contributed by atoms with Gasteiger partial charge in [0.25, 0.3) is 0 Å². The molecule has 0 radical (unpaired) electrons. The highest BCUT2D eigenvalue weighted by Crippen LogP contribution is 2.76. The largest absolute Gasteiger partial charge is 0.493 e. The standard InChI is InChI=1S/C41H61NO6/c1-24-14-19-41(36(44)42-27-22-29(45-9)35(47-11)30(23-27)46-10)21-20-39(7)28(34(41)25(24)2)12-13-32-38(6)17-16-33(48-26(3)43)37(4,5)31(38)15-18-40(32,39)8/h12,22-25,31-34H,13-21H2,1-11H3,(H,42,44)/t24-,25+,31+,32-,33+,34+,38+,39-,40-,41+/m1/s1. The molecule has 1 aromatic carbocycles. The number of nitrogens with one attached hydrogen (secondary N) is 1. The molecule has 1 aromatic rings. The highest BCUT2D eigenvalue weighted by molar-refractivity contribution is 5.97. The number of rotatable bonds is 6. The van der Waals surface area contributed by atoms with Crippen LogP contribution < -0.4 is 19.5 Å². The summed E-state index contributed by atoms with van der Waals surface area (Å²) < 4.78 is 22.7. The van der Waals surface area contributed by atoms with Gasteiger partial charge in [-0.15, -0.1) is 0 Å². The first kappa shape index (κ1) is 35.1. The monoisotopic (exact) mass is 663 g/mol. The molecule has 5 aliphatic carbocycles. The molecule has 0 aliphatic heterocycles. The van der Waals surface area contributed by atoms with Crippen LogP contribution in [0.25, 0.3) is 0 Å². The maximum atomic E-state index is 14.8. The predicted octanol–water partition coefficient (Wildman–Crippen LogP) is 9.24. The van der Waals surface area contributed by atoms with Crippen molar-refractivity contribution in [2.24, 2.45) is 56.7 Å². The van der Waals surface area contributed by atoms with E-state index < -0.39 is 5.41 Å². The Morgan fingerprint density at radius 3 is 2.08 bits per heavy atom. The zero-order valence-corrected chi connectivity index (χ0v) is 31.5. The second-order valence-corrected chi connectivity index (χ2v) is 17.6. The molecule has 7 heteroatoms. The minimum Gasteiger partial charge on any atom is -0.493 e. The van der Waals surface area contributed by atoms with Gasteiger partial charge < -0.3 is 24.3 Å². The molecule has 1 N–H and O–H groups in total. The lowest BCUT2D eigenvalue weighted by Crippen LogP contribution is -2.65. The fourth-order valence-electron chi connectivity index (χ4n) is 12.7. The Morgan fingerprint density at radius 1 is 0.812 bits per heavy atom. The molecule has 6 rings (SSSR count). The Hall–Kier alpha value is -2.70. The Labute approximate surface area is 289 Å². The zero-order valence-electron chi connectivity index (χ0n) is 31.5. The molecule has 0 aromatic heterocycles. The lowest BCUT2D eigenvalue weighted by molar-refractivity contribution is -0.212. The van der Waals surface area contributed by atoms with Crippen molar-refractivity contribution >= 4 is 17.6 Å². The van der Waals surface area contributed by atoms with Crippen LogP contribution in [0.5, 0.6) is 17.2 Å². The number of hydrogen-bond acceptors (Lipinski definition) is 6. The third-order valence-electron chi connectivity index (χ3n) is 15.6. The molecular weight excluding hydrogens is 602 g/mol. The minimum absolute atomic E-state index is 0.0209. The van der Waals surface area contributed by atoms with Gasteiger partial charge in [0.05, 0.1) is 26.7 Å². The van der Waals surface area contributed by atoms with Crippen molar-refractivity contribution in [1.82, 2.24) is 0 Å². The molecule has 0 unspecified atom stereocenters. The number of esters is 1. The number of benzene rings is 1. The first-order valence-electron chi connectivity index (χ1n) is 18.5. The molecule has 7 nitrogen and oxygen atoms in total. The van der Waals surface area contributed by atoms with Gasteiger partial charge in [-0.2, -0.15) is 0 Å². The van der Waals surface area contributed by atoms with Crippen molar-refractivity contribution < 1.29 is 28.5 Å². The molecular formula is C41H61NO6. The molecule has 0 saturated heterocycles. The Kier molecular flexibility index (Phi) is 8.76. The predicted molar refractivity (Wildman–Crippen MR) is 189 cm³/mol. The lowest BCUT2D eigenvalue weighted by atomic mass is 9.33. The molecule has 4 fully saturated rings. The van der Waals surface area contributed by atoms with Crippen LogP contribution in [-0.2, 0) is 14.3 Å². The summed E-state index contributed by atoms with van der Waals surface area (Å²) in [6.45, 7) is 18.8. The van der Waals surface area contributed by atoms with Crippen molar-refractivity contribution in [2.75, 3.05) is 26.6 Å². The van der Waals surface area contributed by atoms with E-state index in [0.717, 1.165) is 51.4 Å². The number of anilines is 1. The van der Waals surface area contributed by atoms with Gasteiger partial charge in [0.1, 0.15) is 6.10 Å². The number of methoxy groups -OCH3 is 3. The zero-order chi connectivity index (χ0) is 35.0. The van der Waals surface area contributed by atoms with Crippen LogP contribution >= 0.6 is 0 Å². The molecule has 5 aliphatic rings. The Balaban J connectivity index is 1.37. The van der Waals surface area contributed by atoms with Crippen LogP contribution in [-0.4, -0.2) is 39.3 Å². The molecule has 10 atom stereocenters. The van der Waals surface area contributed by atoms with Gasteiger partial charge in [0.15, 0.2) is 11.5 Å². The van der Waals surface area contributed by atoms with Crippen LogP contribution in [0, 0.1) is 56.7 Å². The van der Waals surface area contributed by atoms with E-state index in [0.29, 0.717) is 46.6 Å². The number of ether oxygens (including phenoxy) is 4. The Bertz CT molecular complexity index is 1460. The van der Waals surface area contributed by atoms with E-state index in [-0.39, 0.29) is 45.6 Å². The summed E-state index contributed by atoms with van der Waals surface area (Å²) in [7, 11) is 4.80.